The molecule has 1 heterocycles. The van der Waals surface area contributed by atoms with E-state index in [1.54, 1.807) is 0 Å². The molecular weight excluding hydrogens is 412 g/mol. The molecule has 6 rings (SSSR count). The Labute approximate surface area is 191 Å². The van der Waals surface area contributed by atoms with Crippen molar-refractivity contribution in [2.24, 2.45) is 0 Å². The molecule has 0 spiro atoms. The van der Waals surface area contributed by atoms with E-state index in [-0.39, 0.29) is 0 Å². The van der Waals surface area contributed by atoms with Crippen molar-refractivity contribution in [3.8, 4) is 33.4 Å². The number of hydrogen-bond acceptors (Lipinski definition) is 1. The van der Waals surface area contributed by atoms with Gasteiger partial charge in [-0.1, -0.05) is 96.5 Å². The van der Waals surface area contributed by atoms with Crippen LogP contribution in [0.2, 0.25) is 5.02 Å². The maximum absolute atomic E-state index is 6.74. The molecule has 0 bridgehead atoms. The van der Waals surface area contributed by atoms with E-state index in [1.165, 1.54) is 11.1 Å². The molecule has 32 heavy (non-hydrogen) atoms. The Hall–Kier alpha value is -3.81. The Bertz CT molecular complexity index is 1560. The summed E-state index contributed by atoms with van der Waals surface area (Å²) in [7, 11) is 0. The minimum Gasteiger partial charge on any atom is -0.456 e. The molecule has 1 aromatic heterocycles. The highest BCUT2D eigenvalue weighted by atomic mass is 35.5. The summed E-state index contributed by atoms with van der Waals surface area (Å²) in [4.78, 5) is 0. The van der Waals surface area contributed by atoms with E-state index < -0.39 is 0 Å². The van der Waals surface area contributed by atoms with Crippen molar-refractivity contribution in [2.75, 3.05) is 0 Å². The maximum atomic E-state index is 6.74. The predicted molar refractivity (Wildman–Crippen MR) is 135 cm³/mol. The Morgan fingerprint density at radius 3 is 1.53 bits per heavy atom. The van der Waals surface area contributed by atoms with Gasteiger partial charge in [0.2, 0.25) is 0 Å². The van der Waals surface area contributed by atoms with Crippen LogP contribution in [0.25, 0.3) is 55.3 Å². The third-order valence-electron chi connectivity index (χ3n) is 5.96. The summed E-state index contributed by atoms with van der Waals surface area (Å²) < 4.78 is 6.11. The minimum atomic E-state index is 0.739. The monoisotopic (exact) mass is 430 g/mol. The molecule has 1 nitrogen and oxygen atoms in total. The van der Waals surface area contributed by atoms with Gasteiger partial charge in [-0.15, -0.1) is 0 Å². The van der Waals surface area contributed by atoms with Crippen molar-refractivity contribution in [1.82, 2.24) is 0 Å². The summed E-state index contributed by atoms with van der Waals surface area (Å²) >= 11 is 6.74. The molecular formula is C30H19ClO. The lowest BCUT2D eigenvalue weighted by atomic mass is 9.98. The largest absolute Gasteiger partial charge is 0.456 e. The Morgan fingerprint density at radius 1 is 0.438 bits per heavy atom. The Morgan fingerprint density at radius 2 is 0.938 bits per heavy atom. The van der Waals surface area contributed by atoms with E-state index in [9.17, 15) is 0 Å². The second kappa shape index (κ2) is 7.71. The third kappa shape index (κ3) is 3.28. The molecule has 0 saturated carbocycles. The Balaban J connectivity index is 1.47. The lowest BCUT2D eigenvalue weighted by Crippen LogP contribution is -1.83. The van der Waals surface area contributed by atoms with Gasteiger partial charge in [-0.25, -0.2) is 0 Å². The van der Waals surface area contributed by atoms with Crippen molar-refractivity contribution in [2.45, 2.75) is 0 Å². The van der Waals surface area contributed by atoms with Crippen LogP contribution in [0.5, 0.6) is 0 Å². The van der Waals surface area contributed by atoms with E-state index in [0.29, 0.717) is 0 Å². The van der Waals surface area contributed by atoms with Gasteiger partial charge in [-0.2, -0.15) is 0 Å². The summed E-state index contributed by atoms with van der Waals surface area (Å²) in [6, 6.07) is 39.6. The summed E-state index contributed by atoms with van der Waals surface area (Å²) in [6.45, 7) is 0. The lowest BCUT2D eigenvalue weighted by molar-refractivity contribution is 0.669. The van der Waals surface area contributed by atoms with Gasteiger partial charge >= 0.3 is 0 Å². The van der Waals surface area contributed by atoms with E-state index >= 15 is 0 Å². The predicted octanol–water partition coefficient (Wildman–Crippen LogP) is 9.24. The zero-order chi connectivity index (χ0) is 21.5. The normalized spacial score (nSPS) is 11.3. The highest BCUT2D eigenvalue weighted by molar-refractivity contribution is 6.33. The molecule has 5 aromatic carbocycles. The van der Waals surface area contributed by atoms with Crippen molar-refractivity contribution >= 4 is 33.5 Å². The van der Waals surface area contributed by atoms with E-state index in [4.69, 9.17) is 16.0 Å². The highest BCUT2D eigenvalue weighted by Gasteiger charge is 2.12. The fourth-order valence-electron chi connectivity index (χ4n) is 4.31. The zero-order valence-electron chi connectivity index (χ0n) is 17.3. The van der Waals surface area contributed by atoms with Gasteiger partial charge in [0.15, 0.2) is 0 Å². The summed E-state index contributed by atoms with van der Waals surface area (Å²) in [5, 5.41) is 2.95. The molecule has 0 unspecified atom stereocenters. The van der Waals surface area contributed by atoms with Crippen LogP contribution in [0.1, 0.15) is 0 Å². The van der Waals surface area contributed by atoms with Crippen LogP contribution in [0.15, 0.2) is 120 Å². The van der Waals surface area contributed by atoms with E-state index in [0.717, 1.165) is 49.2 Å². The summed E-state index contributed by atoms with van der Waals surface area (Å²) in [5.74, 6) is 0. The molecule has 0 aliphatic carbocycles. The number of halogens is 1. The standard InChI is InChI=1S/C30H19ClO/c31-28-19-23(21-9-5-2-6-10-21)11-14-25(28)24-13-16-30-27(18-24)26-17-22(12-15-29(26)32-30)20-7-3-1-4-8-20/h1-19H. The van der Waals surface area contributed by atoms with Gasteiger partial charge in [0.05, 0.1) is 0 Å². The van der Waals surface area contributed by atoms with Crippen LogP contribution in [0.3, 0.4) is 0 Å². The fraction of sp³-hybridized carbons (Fsp3) is 0. The third-order valence-corrected chi connectivity index (χ3v) is 6.28. The molecule has 0 fully saturated rings. The van der Waals surface area contributed by atoms with E-state index in [1.807, 2.05) is 36.4 Å². The SMILES string of the molecule is Clc1cc(-c2ccccc2)ccc1-c1ccc2oc3ccc(-c4ccccc4)cc3c2c1. The van der Waals surface area contributed by atoms with Crippen LogP contribution < -0.4 is 0 Å². The van der Waals surface area contributed by atoms with Crippen LogP contribution in [-0.2, 0) is 0 Å². The molecule has 0 aliphatic heterocycles. The first-order chi connectivity index (χ1) is 15.8. The number of hydrogen-bond donors (Lipinski definition) is 0. The smallest absolute Gasteiger partial charge is 0.135 e. The average Bonchev–Trinajstić information content (AvgIpc) is 3.22. The number of furan rings is 1. The van der Waals surface area contributed by atoms with Crippen LogP contribution in [0, 0.1) is 0 Å². The van der Waals surface area contributed by atoms with Gasteiger partial charge in [0.25, 0.3) is 0 Å². The quantitative estimate of drug-likeness (QED) is 0.272. The van der Waals surface area contributed by atoms with Crippen LogP contribution >= 0.6 is 11.6 Å². The molecule has 2 heteroatoms. The van der Waals surface area contributed by atoms with Gasteiger partial charge in [-0.3, -0.25) is 0 Å². The van der Waals surface area contributed by atoms with Gasteiger partial charge in [0, 0.05) is 21.4 Å². The topological polar surface area (TPSA) is 13.1 Å². The zero-order valence-corrected chi connectivity index (χ0v) is 18.0. The average molecular weight is 431 g/mol. The van der Waals surface area contributed by atoms with Crippen molar-refractivity contribution in [3.63, 3.8) is 0 Å². The first-order valence-corrected chi connectivity index (χ1v) is 11.0. The van der Waals surface area contributed by atoms with Crippen molar-refractivity contribution in [3.05, 3.63) is 120 Å². The fourth-order valence-corrected chi connectivity index (χ4v) is 4.60. The van der Waals surface area contributed by atoms with Crippen LogP contribution in [0.4, 0.5) is 0 Å². The second-order valence-electron chi connectivity index (χ2n) is 7.95. The minimum absolute atomic E-state index is 0.739. The Kier molecular flexibility index (Phi) is 4.56. The first-order valence-electron chi connectivity index (χ1n) is 10.6. The van der Waals surface area contributed by atoms with Gasteiger partial charge < -0.3 is 4.42 Å². The summed E-state index contributed by atoms with van der Waals surface area (Å²) in [5.41, 5.74) is 8.51. The van der Waals surface area contributed by atoms with Gasteiger partial charge in [-0.05, 0) is 58.1 Å². The molecule has 0 radical (unpaired) electrons. The maximum Gasteiger partial charge on any atom is 0.135 e. The highest BCUT2D eigenvalue weighted by Crippen LogP contribution is 2.37. The molecule has 0 amide bonds. The van der Waals surface area contributed by atoms with Crippen LogP contribution in [-0.4, -0.2) is 0 Å². The molecule has 0 aliphatic rings. The second-order valence-corrected chi connectivity index (χ2v) is 8.36. The molecule has 0 atom stereocenters. The summed E-state index contributed by atoms with van der Waals surface area (Å²) in [6.07, 6.45) is 0. The number of fused-ring (bicyclic) bond motifs is 3. The van der Waals surface area contributed by atoms with E-state index in [2.05, 4.69) is 78.9 Å². The molecule has 0 saturated heterocycles. The molecule has 6 aromatic rings. The van der Waals surface area contributed by atoms with Crippen molar-refractivity contribution < 1.29 is 4.42 Å². The number of rotatable bonds is 3. The van der Waals surface area contributed by atoms with Gasteiger partial charge in [0.1, 0.15) is 11.2 Å². The first kappa shape index (κ1) is 18.9. The molecule has 0 N–H and O–H groups in total. The number of benzene rings is 5. The van der Waals surface area contributed by atoms with Crippen molar-refractivity contribution in [1.29, 1.82) is 0 Å². The lowest BCUT2D eigenvalue weighted by Gasteiger charge is -2.08. The molecule has 152 valence electrons.